The lowest BCUT2D eigenvalue weighted by Gasteiger charge is -2.14. The van der Waals surface area contributed by atoms with Gasteiger partial charge in [0.05, 0.1) is 24.0 Å². The largest absolute Gasteiger partial charge is 0.497 e. The summed E-state index contributed by atoms with van der Waals surface area (Å²) in [5.74, 6) is -0.856. The molecule has 3 amide bonds. The van der Waals surface area contributed by atoms with E-state index in [1.807, 2.05) is 29.5 Å². The van der Waals surface area contributed by atoms with Crippen LogP contribution in [0.4, 0.5) is 11.4 Å². The number of anilines is 2. The summed E-state index contributed by atoms with van der Waals surface area (Å²) in [6.07, 6.45) is 1.35. The van der Waals surface area contributed by atoms with Gasteiger partial charge in [-0.15, -0.1) is 0 Å². The van der Waals surface area contributed by atoms with Crippen LogP contribution >= 0.6 is 34.2 Å². The average Bonchev–Trinajstić information content (AvgIpc) is 2.90. The number of halogens is 2. The van der Waals surface area contributed by atoms with Gasteiger partial charge in [0.2, 0.25) is 0 Å². The molecule has 198 valence electrons. The first-order valence-electron chi connectivity index (χ1n) is 11.0. The van der Waals surface area contributed by atoms with E-state index in [0.29, 0.717) is 42.8 Å². The van der Waals surface area contributed by atoms with E-state index in [-0.39, 0.29) is 12.5 Å². The maximum absolute atomic E-state index is 12.3. The number of nitrogens with one attached hydrogen (secondary N) is 3. The lowest BCUT2D eigenvalue weighted by Crippen LogP contribution is -2.32. The highest BCUT2D eigenvalue weighted by Gasteiger charge is 2.15. The standard InChI is InChI=1S/C26H24ClIN4O6/c1-15-4-5-18(12-20(15)27)30-23(33)14-38-24-21(28)10-16(11-22(24)37-3)13-29-32-26(35)25(34)31-17-6-8-19(36-2)9-7-17/h4-13H,14H2,1-3H3,(H,30,33)(H,31,34)(H,32,35)/b29-13-. The van der Waals surface area contributed by atoms with Crippen molar-refractivity contribution in [3.8, 4) is 17.2 Å². The van der Waals surface area contributed by atoms with Gasteiger partial charge in [-0.25, -0.2) is 5.43 Å². The maximum Gasteiger partial charge on any atom is 0.329 e. The molecule has 3 aromatic carbocycles. The summed E-state index contributed by atoms with van der Waals surface area (Å²) >= 11 is 8.13. The Morgan fingerprint density at radius 3 is 2.32 bits per heavy atom. The number of hydrazone groups is 1. The van der Waals surface area contributed by atoms with Gasteiger partial charge in [0.15, 0.2) is 18.1 Å². The molecular formula is C26H24ClIN4O6. The molecule has 0 aliphatic heterocycles. The highest BCUT2D eigenvalue weighted by molar-refractivity contribution is 14.1. The van der Waals surface area contributed by atoms with Crippen molar-refractivity contribution in [2.24, 2.45) is 5.10 Å². The van der Waals surface area contributed by atoms with Gasteiger partial charge in [-0.1, -0.05) is 17.7 Å². The molecule has 0 atom stereocenters. The number of aryl methyl sites for hydroxylation is 1. The summed E-state index contributed by atoms with van der Waals surface area (Å²) < 4.78 is 16.8. The molecule has 3 rings (SSSR count). The summed E-state index contributed by atoms with van der Waals surface area (Å²) in [5, 5.41) is 9.57. The van der Waals surface area contributed by atoms with Crippen molar-refractivity contribution in [2.75, 3.05) is 31.5 Å². The third kappa shape index (κ3) is 8.08. The van der Waals surface area contributed by atoms with E-state index in [4.69, 9.17) is 25.8 Å². The second-order valence-corrected chi connectivity index (χ2v) is 9.29. The topological polar surface area (TPSA) is 127 Å². The Bertz CT molecular complexity index is 1360. The molecular weight excluding hydrogens is 627 g/mol. The van der Waals surface area contributed by atoms with E-state index in [1.54, 1.807) is 54.6 Å². The number of benzene rings is 3. The molecule has 3 aromatic rings. The van der Waals surface area contributed by atoms with E-state index in [1.165, 1.54) is 20.4 Å². The molecule has 10 nitrogen and oxygen atoms in total. The summed E-state index contributed by atoms with van der Waals surface area (Å²) in [4.78, 5) is 36.5. The fraction of sp³-hybridized carbons (Fsp3) is 0.154. The van der Waals surface area contributed by atoms with Crippen molar-refractivity contribution in [3.05, 3.63) is 74.3 Å². The van der Waals surface area contributed by atoms with E-state index in [9.17, 15) is 14.4 Å². The van der Waals surface area contributed by atoms with Crippen molar-refractivity contribution in [1.29, 1.82) is 0 Å². The second kappa shape index (κ2) is 13.6. The SMILES string of the molecule is COc1ccc(NC(=O)C(=O)N/N=C\c2cc(I)c(OCC(=O)Nc3ccc(C)c(Cl)c3)c(OC)c2)cc1. The minimum Gasteiger partial charge on any atom is -0.497 e. The zero-order valence-corrected chi connectivity index (χ0v) is 23.5. The quantitative estimate of drug-likeness (QED) is 0.137. The number of carbonyl (C=O) groups is 3. The Morgan fingerprint density at radius 2 is 1.66 bits per heavy atom. The predicted molar refractivity (Wildman–Crippen MR) is 153 cm³/mol. The highest BCUT2D eigenvalue weighted by atomic mass is 127. The minimum atomic E-state index is -0.945. The average molecular weight is 651 g/mol. The molecule has 12 heteroatoms. The van der Waals surface area contributed by atoms with Gasteiger partial charge in [-0.05, 0) is 89.2 Å². The van der Waals surface area contributed by atoms with Crippen LogP contribution in [0.25, 0.3) is 0 Å². The van der Waals surface area contributed by atoms with E-state index < -0.39 is 11.8 Å². The van der Waals surface area contributed by atoms with Crippen molar-refractivity contribution >= 4 is 69.5 Å². The molecule has 0 aliphatic rings. The number of amides is 3. The summed E-state index contributed by atoms with van der Waals surface area (Å²) in [6, 6.07) is 15.1. The highest BCUT2D eigenvalue weighted by Crippen LogP contribution is 2.33. The van der Waals surface area contributed by atoms with Crippen LogP contribution in [0.15, 0.2) is 59.7 Å². The first-order chi connectivity index (χ1) is 18.2. The van der Waals surface area contributed by atoms with Crippen LogP contribution in [0.2, 0.25) is 5.02 Å². The van der Waals surface area contributed by atoms with Crippen LogP contribution in [-0.4, -0.2) is 44.8 Å². The number of hydrogen-bond acceptors (Lipinski definition) is 7. The normalized spacial score (nSPS) is 10.6. The van der Waals surface area contributed by atoms with Gasteiger partial charge >= 0.3 is 11.8 Å². The predicted octanol–water partition coefficient (Wildman–Crippen LogP) is 4.38. The lowest BCUT2D eigenvalue weighted by molar-refractivity contribution is -0.136. The van der Waals surface area contributed by atoms with Crippen molar-refractivity contribution in [3.63, 3.8) is 0 Å². The summed E-state index contributed by atoms with van der Waals surface area (Å²) in [7, 11) is 2.98. The van der Waals surface area contributed by atoms with Gasteiger partial charge < -0.3 is 24.8 Å². The first kappa shape index (κ1) is 28.7. The molecule has 3 N–H and O–H groups in total. The van der Waals surface area contributed by atoms with Gasteiger partial charge in [-0.2, -0.15) is 5.10 Å². The number of hydrogen-bond donors (Lipinski definition) is 3. The fourth-order valence-electron chi connectivity index (χ4n) is 3.04. The van der Waals surface area contributed by atoms with Crippen LogP contribution < -0.4 is 30.3 Å². The van der Waals surface area contributed by atoms with Crippen molar-refractivity contribution in [1.82, 2.24) is 5.43 Å². The number of rotatable bonds is 9. The van der Waals surface area contributed by atoms with Crippen LogP contribution in [-0.2, 0) is 14.4 Å². The molecule has 0 saturated carbocycles. The number of methoxy groups -OCH3 is 2. The number of nitrogens with zero attached hydrogens (tertiary/aromatic N) is 1. The van der Waals surface area contributed by atoms with E-state index in [0.717, 1.165) is 5.56 Å². The fourth-order valence-corrected chi connectivity index (χ4v) is 4.00. The second-order valence-electron chi connectivity index (χ2n) is 7.72. The molecule has 0 spiro atoms. The van der Waals surface area contributed by atoms with E-state index in [2.05, 4.69) is 21.2 Å². The zero-order chi connectivity index (χ0) is 27.7. The van der Waals surface area contributed by atoms with Crippen molar-refractivity contribution < 1.29 is 28.6 Å². The van der Waals surface area contributed by atoms with Gasteiger partial charge in [0, 0.05) is 16.4 Å². The van der Waals surface area contributed by atoms with Gasteiger partial charge in [0.25, 0.3) is 5.91 Å². The molecule has 0 heterocycles. The van der Waals surface area contributed by atoms with E-state index >= 15 is 0 Å². The molecule has 0 unspecified atom stereocenters. The zero-order valence-electron chi connectivity index (χ0n) is 20.6. The molecule has 0 aliphatic carbocycles. The Labute approximate surface area is 237 Å². The third-order valence-corrected chi connectivity index (χ3v) is 6.20. The van der Waals surface area contributed by atoms with Crippen LogP contribution in [0.5, 0.6) is 17.2 Å². The Balaban J connectivity index is 1.57. The lowest BCUT2D eigenvalue weighted by atomic mass is 10.2. The van der Waals surface area contributed by atoms with Crippen molar-refractivity contribution in [2.45, 2.75) is 6.92 Å². The molecule has 0 radical (unpaired) electrons. The molecule has 0 bridgehead atoms. The maximum atomic E-state index is 12.3. The summed E-state index contributed by atoms with van der Waals surface area (Å²) in [5.41, 5.74) is 4.63. The Hall–Kier alpha value is -3.84. The molecule has 0 fully saturated rings. The molecule has 0 saturated heterocycles. The molecule has 0 aromatic heterocycles. The number of ether oxygens (including phenoxy) is 3. The van der Waals surface area contributed by atoms with Crippen LogP contribution in [0, 0.1) is 10.5 Å². The van der Waals surface area contributed by atoms with Gasteiger partial charge in [0.1, 0.15) is 5.75 Å². The Morgan fingerprint density at radius 1 is 0.947 bits per heavy atom. The summed E-state index contributed by atoms with van der Waals surface area (Å²) in [6.45, 7) is 1.61. The first-order valence-corrected chi connectivity index (χ1v) is 12.5. The van der Waals surface area contributed by atoms with Gasteiger partial charge in [-0.3, -0.25) is 14.4 Å². The number of carbonyl (C=O) groups excluding carboxylic acids is 3. The van der Waals surface area contributed by atoms with Crippen LogP contribution in [0.3, 0.4) is 0 Å². The Kier molecular flexibility index (Phi) is 10.3. The minimum absolute atomic E-state index is 0.259. The van der Waals surface area contributed by atoms with Crippen LogP contribution in [0.1, 0.15) is 11.1 Å². The third-order valence-electron chi connectivity index (χ3n) is 4.99. The monoisotopic (exact) mass is 650 g/mol. The molecule has 38 heavy (non-hydrogen) atoms. The smallest absolute Gasteiger partial charge is 0.329 e.